The summed E-state index contributed by atoms with van der Waals surface area (Å²) in [5.41, 5.74) is 0.185. The van der Waals surface area contributed by atoms with E-state index < -0.39 is 5.54 Å². The van der Waals surface area contributed by atoms with Gasteiger partial charge in [-0.3, -0.25) is 19.3 Å². The monoisotopic (exact) mass is 289 g/mol. The molecule has 1 N–H and O–H groups in total. The first-order chi connectivity index (χ1) is 9.94. The summed E-state index contributed by atoms with van der Waals surface area (Å²) in [6, 6.07) is 6.82. The molecule has 0 saturated carbocycles. The predicted molar refractivity (Wildman–Crippen MR) is 79.0 cm³/mol. The highest BCUT2D eigenvalue weighted by molar-refractivity contribution is 5.79. The van der Waals surface area contributed by atoms with E-state index in [4.69, 9.17) is 4.74 Å². The molecule has 0 spiro atoms. The summed E-state index contributed by atoms with van der Waals surface area (Å²) in [7, 11) is 0. The average molecular weight is 289 g/mol. The quantitative estimate of drug-likeness (QED) is 0.835. The molecule has 0 unspecified atom stereocenters. The number of fused-ring (bicyclic) bond motifs is 1. The van der Waals surface area contributed by atoms with Crippen LogP contribution in [0.2, 0.25) is 0 Å². The molecule has 0 atom stereocenters. The molecule has 2 aromatic rings. The number of esters is 1. The fraction of sp³-hybridized carbons (Fsp3) is 0.400. The van der Waals surface area contributed by atoms with E-state index >= 15 is 0 Å². The van der Waals surface area contributed by atoms with Crippen molar-refractivity contribution in [1.29, 1.82) is 0 Å². The van der Waals surface area contributed by atoms with Crippen LogP contribution in [0.3, 0.4) is 0 Å². The van der Waals surface area contributed by atoms with Gasteiger partial charge >= 0.3 is 5.97 Å². The minimum Gasteiger partial charge on any atom is -0.465 e. The summed E-state index contributed by atoms with van der Waals surface area (Å²) < 4.78 is 6.47. The van der Waals surface area contributed by atoms with Crippen LogP contribution in [0.4, 0.5) is 0 Å². The Morgan fingerprint density at radius 3 is 2.90 bits per heavy atom. The van der Waals surface area contributed by atoms with Crippen molar-refractivity contribution >= 4 is 11.6 Å². The molecule has 0 radical (unpaired) electrons. The molecular weight excluding hydrogens is 270 g/mol. The molecule has 2 aromatic heterocycles. The van der Waals surface area contributed by atoms with E-state index in [0.717, 1.165) is 0 Å². The van der Waals surface area contributed by atoms with Gasteiger partial charge in [-0.25, -0.2) is 4.98 Å². The summed E-state index contributed by atoms with van der Waals surface area (Å²) in [5, 5.41) is 3.07. The van der Waals surface area contributed by atoms with Crippen molar-refractivity contribution < 1.29 is 9.53 Å². The zero-order chi connectivity index (χ0) is 15.5. The summed E-state index contributed by atoms with van der Waals surface area (Å²) in [5.74, 6) is -0.331. The highest BCUT2D eigenvalue weighted by atomic mass is 16.5. The molecule has 0 aliphatic rings. The number of nitrogens with one attached hydrogen (secondary N) is 1. The molecule has 0 aliphatic heterocycles. The van der Waals surface area contributed by atoms with Crippen molar-refractivity contribution in [1.82, 2.24) is 14.7 Å². The average Bonchev–Trinajstić information content (AvgIpc) is 2.45. The first-order valence-electron chi connectivity index (χ1n) is 6.83. The maximum absolute atomic E-state index is 12.0. The Labute approximate surface area is 122 Å². The van der Waals surface area contributed by atoms with Gasteiger partial charge in [0, 0.05) is 18.8 Å². The number of carbonyl (C=O) groups excluding carboxylic acids is 1. The van der Waals surface area contributed by atoms with Crippen LogP contribution in [0.1, 0.15) is 26.5 Å². The first-order valence-corrected chi connectivity index (χ1v) is 6.83. The highest BCUT2D eigenvalue weighted by Gasteiger charge is 2.28. The fourth-order valence-electron chi connectivity index (χ4n) is 1.89. The van der Waals surface area contributed by atoms with Gasteiger partial charge in [-0.2, -0.15) is 0 Å². The van der Waals surface area contributed by atoms with Crippen molar-refractivity contribution in [3.63, 3.8) is 0 Å². The maximum atomic E-state index is 12.0. The second kappa shape index (κ2) is 6.05. The molecule has 2 rings (SSSR count). The minimum atomic E-state index is -0.834. The molecule has 0 aliphatic carbocycles. The zero-order valence-electron chi connectivity index (χ0n) is 12.4. The summed E-state index contributed by atoms with van der Waals surface area (Å²) in [6.07, 6.45) is 1.67. The lowest BCUT2D eigenvalue weighted by atomic mass is 10.1. The van der Waals surface area contributed by atoms with Crippen molar-refractivity contribution in [2.24, 2.45) is 0 Å². The topological polar surface area (TPSA) is 72.7 Å². The van der Waals surface area contributed by atoms with Gasteiger partial charge in [0.05, 0.1) is 12.3 Å². The number of hydrogen-bond acceptors (Lipinski definition) is 5. The largest absolute Gasteiger partial charge is 0.465 e. The molecule has 112 valence electrons. The number of hydrogen-bond donors (Lipinski definition) is 1. The van der Waals surface area contributed by atoms with E-state index in [1.807, 2.05) is 6.07 Å². The lowest BCUT2D eigenvalue weighted by molar-refractivity contribution is -0.149. The fourth-order valence-corrected chi connectivity index (χ4v) is 1.89. The Hall–Kier alpha value is -2.21. The number of rotatable bonds is 5. The standard InChI is InChI=1S/C15H19N3O3/c1-4-21-14(20)15(2,3)16-10-11-9-13(19)18-8-6-5-7-12(18)17-11/h5-9,16H,4,10H2,1-3H3. The van der Waals surface area contributed by atoms with Crippen LogP contribution in [-0.2, 0) is 16.1 Å². The molecular formula is C15H19N3O3. The minimum absolute atomic E-state index is 0.147. The van der Waals surface area contributed by atoms with Gasteiger partial charge in [-0.05, 0) is 32.9 Å². The summed E-state index contributed by atoms with van der Waals surface area (Å²) >= 11 is 0. The van der Waals surface area contributed by atoms with Gasteiger partial charge in [0.1, 0.15) is 11.2 Å². The number of aromatic nitrogens is 2. The molecule has 6 heteroatoms. The zero-order valence-corrected chi connectivity index (χ0v) is 12.4. The van der Waals surface area contributed by atoms with Crippen LogP contribution in [0.5, 0.6) is 0 Å². The molecule has 0 amide bonds. The SMILES string of the molecule is CCOC(=O)C(C)(C)NCc1cc(=O)n2ccccc2n1. The van der Waals surface area contributed by atoms with Gasteiger partial charge in [0.2, 0.25) is 0 Å². The third-order valence-corrected chi connectivity index (χ3v) is 3.12. The third-order valence-electron chi connectivity index (χ3n) is 3.12. The van der Waals surface area contributed by atoms with Crippen LogP contribution in [0.25, 0.3) is 5.65 Å². The van der Waals surface area contributed by atoms with E-state index in [1.54, 1.807) is 39.1 Å². The first kappa shape index (κ1) is 15.2. The van der Waals surface area contributed by atoms with Crippen LogP contribution in [0, 0.1) is 0 Å². The van der Waals surface area contributed by atoms with Gasteiger partial charge in [-0.1, -0.05) is 6.07 Å². The van der Waals surface area contributed by atoms with Gasteiger partial charge in [-0.15, -0.1) is 0 Å². The Bertz CT molecular complexity index is 707. The third kappa shape index (κ3) is 3.46. The van der Waals surface area contributed by atoms with Crippen molar-refractivity contribution in [3.05, 3.63) is 46.5 Å². The van der Waals surface area contributed by atoms with E-state index in [2.05, 4.69) is 10.3 Å². The van der Waals surface area contributed by atoms with Crippen molar-refractivity contribution in [2.45, 2.75) is 32.9 Å². The molecule has 6 nitrogen and oxygen atoms in total. The normalized spacial score (nSPS) is 11.6. The van der Waals surface area contributed by atoms with Gasteiger partial charge in [0.15, 0.2) is 0 Å². The van der Waals surface area contributed by atoms with Crippen molar-refractivity contribution in [3.8, 4) is 0 Å². The van der Waals surface area contributed by atoms with Crippen molar-refractivity contribution in [2.75, 3.05) is 6.61 Å². The van der Waals surface area contributed by atoms with Crippen LogP contribution < -0.4 is 10.9 Å². The lowest BCUT2D eigenvalue weighted by Crippen LogP contribution is -2.47. The Kier molecular flexibility index (Phi) is 4.37. The van der Waals surface area contributed by atoms with Gasteiger partial charge in [0.25, 0.3) is 5.56 Å². The highest BCUT2D eigenvalue weighted by Crippen LogP contribution is 2.07. The molecule has 2 heterocycles. The van der Waals surface area contributed by atoms with E-state index in [9.17, 15) is 9.59 Å². The molecule has 0 saturated heterocycles. The summed E-state index contributed by atoms with van der Waals surface area (Å²) in [4.78, 5) is 28.2. The smallest absolute Gasteiger partial charge is 0.325 e. The Balaban J connectivity index is 2.17. The van der Waals surface area contributed by atoms with Gasteiger partial charge < -0.3 is 4.74 Å². The van der Waals surface area contributed by atoms with E-state index in [1.165, 1.54) is 10.5 Å². The Morgan fingerprint density at radius 1 is 1.43 bits per heavy atom. The van der Waals surface area contributed by atoms with E-state index in [-0.39, 0.29) is 11.5 Å². The Morgan fingerprint density at radius 2 is 2.19 bits per heavy atom. The molecule has 0 fully saturated rings. The lowest BCUT2D eigenvalue weighted by Gasteiger charge is -2.23. The summed E-state index contributed by atoms with van der Waals surface area (Å²) in [6.45, 7) is 5.88. The number of carbonyl (C=O) groups is 1. The number of nitrogens with zero attached hydrogens (tertiary/aromatic N) is 2. The number of pyridine rings is 1. The van der Waals surface area contributed by atoms with Crippen LogP contribution >= 0.6 is 0 Å². The molecule has 21 heavy (non-hydrogen) atoms. The number of ether oxygens (including phenoxy) is 1. The predicted octanol–water partition coefficient (Wildman–Crippen LogP) is 1.13. The van der Waals surface area contributed by atoms with Crippen LogP contribution in [-0.4, -0.2) is 27.5 Å². The second-order valence-corrected chi connectivity index (χ2v) is 5.21. The second-order valence-electron chi connectivity index (χ2n) is 5.21. The van der Waals surface area contributed by atoms with Crippen LogP contribution in [0.15, 0.2) is 35.3 Å². The molecule has 0 aromatic carbocycles. The van der Waals surface area contributed by atoms with E-state index in [0.29, 0.717) is 24.5 Å². The molecule has 0 bridgehead atoms. The maximum Gasteiger partial charge on any atom is 0.325 e.